The number of hydrogen-bond acceptors (Lipinski definition) is 5. The van der Waals surface area contributed by atoms with Crippen LogP contribution in [0.3, 0.4) is 0 Å². The highest BCUT2D eigenvalue weighted by atomic mass is 79.9. The number of furan rings is 1. The Bertz CT molecular complexity index is 848. The maximum Gasteiger partial charge on any atom is 0.287 e. The number of halogens is 1. The number of ketones is 1. The van der Waals surface area contributed by atoms with Crippen LogP contribution < -0.4 is 4.57 Å². The SMILES string of the molecule is Br.O=C(C[n+]1ccc(-c2ccco2)nc1)c1ccccc1[N+](=O)[O-]. The van der Waals surface area contributed by atoms with Crippen molar-refractivity contribution in [2.24, 2.45) is 0 Å². The summed E-state index contributed by atoms with van der Waals surface area (Å²) in [6, 6.07) is 11.2. The summed E-state index contributed by atoms with van der Waals surface area (Å²) >= 11 is 0. The molecule has 0 spiro atoms. The Hall–Kier alpha value is -2.87. The van der Waals surface area contributed by atoms with Gasteiger partial charge in [0.2, 0.25) is 11.5 Å². The van der Waals surface area contributed by atoms with Gasteiger partial charge in [0.1, 0.15) is 0 Å². The van der Waals surface area contributed by atoms with Crippen LogP contribution in [0.25, 0.3) is 11.5 Å². The second-order valence-corrected chi connectivity index (χ2v) is 4.79. The minimum atomic E-state index is -0.559. The van der Waals surface area contributed by atoms with E-state index in [1.165, 1.54) is 24.5 Å². The molecule has 0 atom stereocenters. The summed E-state index contributed by atoms with van der Waals surface area (Å²) < 4.78 is 6.80. The molecule has 2 aromatic heterocycles. The van der Waals surface area contributed by atoms with Crippen molar-refractivity contribution >= 4 is 28.5 Å². The van der Waals surface area contributed by atoms with Crippen LogP contribution in [0.1, 0.15) is 10.4 Å². The fraction of sp³-hybridized carbons (Fsp3) is 0.0625. The molecule has 0 N–H and O–H groups in total. The van der Waals surface area contributed by atoms with E-state index in [1.807, 2.05) is 0 Å². The van der Waals surface area contributed by atoms with E-state index < -0.39 is 4.92 Å². The number of rotatable bonds is 5. The highest BCUT2D eigenvalue weighted by Gasteiger charge is 2.21. The summed E-state index contributed by atoms with van der Waals surface area (Å²) in [5.74, 6) is 0.275. The number of Topliss-reactive ketones (excluding diaryl/α,β-unsaturated/α-hetero) is 1. The van der Waals surface area contributed by atoms with Crippen LogP contribution in [0.2, 0.25) is 0 Å². The zero-order valence-corrected chi connectivity index (χ0v) is 14.1. The number of aromatic nitrogens is 2. The van der Waals surface area contributed by atoms with Crippen LogP contribution in [-0.2, 0) is 6.54 Å². The van der Waals surface area contributed by atoms with Crippen molar-refractivity contribution in [3.63, 3.8) is 0 Å². The van der Waals surface area contributed by atoms with Gasteiger partial charge >= 0.3 is 0 Å². The van der Waals surface area contributed by atoms with Gasteiger partial charge in [-0.25, -0.2) is 4.57 Å². The van der Waals surface area contributed by atoms with Crippen molar-refractivity contribution in [2.75, 3.05) is 0 Å². The number of benzene rings is 1. The van der Waals surface area contributed by atoms with Crippen LogP contribution in [0, 0.1) is 10.1 Å². The average Bonchev–Trinajstić information content (AvgIpc) is 3.10. The second kappa shape index (κ2) is 7.60. The Labute approximate surface area is 147 Å². The summed E-state index contributed by atoms with van der Waals surface area (Å²) in [7, 11) is 0. The van der Waals surface area contributed by atoms with E-state index in [1.54, 1.807) is 41.3 Å². The third-order valence-electron chi connectivity index (χ3n) is 3.27. The van der Waals surface area contributed by atoms with Gasteiger partial charge in [0.05, 0.1) is 22.9 Å². The largest absolute Gasteiger partial charge is 0.460 e. The number of para-hydroxylation sites is 1. The van der Waals surface area contributed by atoms with E-state index in [2.05, 4.69) is 4.98 Å². The molecule has 0 fully saturated rings. The number of carbonyl (C=O) groups excluding carboxylic acids is 1. The zero-order chi connectivity index (χ0) is 16.2. The normalized spacial score (nSPS) is 10.0. The number of carbonyl (C=O) groups is 1. The zero-order valence-electron chi connectivity index (χ0n) is 12.4. The molecule has 0 aliphatic heterocycles. The molecule has 0 amide bonds. The van der Waals surface area contributed by atoms with Crippen molar-refractivity contribution in [3.05, 3.63) is 76.9 Å². The Morgan fingerprint density at radius 2 is 2.00 bits per heavy atom. The number of nitro benzene ring substituents is 1. The summed E-state index contributed by atoms with van der Waals surface area (Å²) in [6.45, 7) is -0.0315. The molecule has 24 heavy (non-hydrogen) atoms. The first-order valence-corrected chi connectivity index (χ1v) is 6.81. The molecular formula is C16H13BrN3O4+. The molecule has 0 radical (unpaired) electrons. The first-order chi connectivity index (χ1) is 11.1. The fourth-order valence-electron chi connectivity index (χ4n) is 2.17. The Morgan fingerprint density at radius 1 is 1.21 bits per heavy atom. The molecule has 8 heteroatoms. The molecule has 7 nitrogen and oxygen atoms in total. The molecule has 2 heterocycles. The van der Waals surface area contributed by atoms with Crippen molar-refractivity contribution in [3.8, 4) is 11.5 Å². The van der Waals surface area contributed by atoms with Gasteiger partial charge in [-0.15, -0.1) is 17.0 Å². The van der Waals surface area contributed by atoms with Crippen molar-refractivity contribution in [2.45, 2.75) is 6.54 Å². The summed E-state index contributed by atoms with van der Waals surface area (Å²) in [4.78, 5) is 26.9. The predicted molar refractivity (Wildman–Crippen MR) is 89.9 cm³/mol. The molecule has 0 saturated carbocycles. The topological polar surface area (TPSA) is 90.1 Å². The lowest BCUT2D eigenvalue weighted by Gasteiger charge is -2.01. The van der Waals surface area contributed by atoms with Gasteiger partial charge in [-0.2, -0.15) is 0 Å². The average molecular weight is 391 g/mol. The lowest BCUT2D eigenvalue weighted by atomic mass is 10.1. The fourth-order valence-corrected chi connectivity index (χ4v) is 2.17. The minimum Gasteiger partial charge on any atom is -0.460 e. The molecule has 0 unspecified atom stereocenters. The highest BCUT2D eigenvalue weighted by Crippen LogP contribution is 2.18. The molecule has 3 aromatic rings. The van der Waals surface area contributed by atoms with E-state index in [-0.39, 0.29) is 40.6 Å². The van der Waals surface area contributed by atoms with Gasteiger partial charge in [0.25, 0.3) is 12.0 Å². The molecule has 1 aromatic carbocycles. The monoisotopic (exact) mass is 390 g/mol. The predicted octanol–water partition coefficient (Wildman–Crippen LogP) is 3.00. The summed E-state index contributed by atoms with van der Waals surface area (Å²) in [5.41, 5.74) is 0.530. The molecule has 3 rings (SSSR count). The summed E-state index contributed by atoms with van der Waals surface area (Å²) in [5, 5.41) is 11.0. The molecule has 0 saturated heterocycles. The van der Waals surface area contributed by atoms with E-state index in [0.29, 0.717) is 11.5 Å². The highest BCUT2D eigenvalue weighted by molar-refractivity contribution is 8.93. The number of nitro groups is 1. The van der Waals surface area contributed by atoms with Gasteiger partial charge in [-0.05, 0) is 23.2 Å². The van der Waals surface area contributed by atoms with Crippen molar-refractivity contribution in [1.29, 1.82) is 0 Å². The quantitative estimate of drug-likeness (QED) is 0.289. The molecule has 0 bridgehead atoms. The van der Waals surface area contributed by atoms with Crippen LogP contribution in [0.5, 0.6) is 0 Å². The maximum absolute atomic E-state index is 12.3. The van der Waals surface area contributed by atoms with Gasteiger partial charge in [-0.3, -0.25) is 14.9 Å². The number of nitrogens with zero attached hydrogens (tertiary/aromatic N) is 3. The van der Waals surface area contributed by atoms with Crippen LogP contribution >= 0.6 is 17.0 Å². The maximum atomic E-state index is 12.3. The van der Waals surface area contributed by atoms with Crippen LogP contribution in [-0.4, -0.2) is 15.7 Å². The Morgan fingerprint density at radius 3 is 2.62 bits per heavy atom. The van der Waals surface area contributed by atoms with Crippen molar-refractivity contribution in [1.82, 2.24) is 4.98 Å². The molecule has 0 aliphatic rings. The molecule has 0 aliphatic carbocycles. The first-order valence-electron chi connectivity index (χ1n) is 6.81. The van der Waals surface area contributed by atoms with Gasteiger partial charge in [-0.1, -0.05) is 12.1 Å². The van der Waals surface area contributed by atoms with Crippen LogP contribution in [0.4, 0.5) is 5.69 Å². The third-order valence-corrected chi connectivity index (χ3v) is 3.27. The number of hydrogen-bond donors (Lipinski definition) is 0. The van der Waals surface area contributed by atoms with E-state index >= 15 is 0 Å². The lowest BCUT2D eigenvalue weighted by Crippen LogP contribution is -2.37. The first kappa shape index (κ1) is 17.5. The lowest BCUT2D eigenvalue weighted by molar-refractivity contribution is -0.686. The van der Waals surface area contributed by atoms with Gasteiger partial charge in [0, 0.05) is 12.1 Å². The van der Waals surface area contributed by atoms with Gasteiger partial charge in [0.15, 0.2) is 12.3 Å². The third kappa shape index (κ3) is 3.72. The Kier molecular flexibility index (Phi) is 5.54. The smallest absolute Gasteiger partial charge is 0.287 e. The van der Waals surface area contributed by atoms with Gasteiger partial charge < -0.3 is 4.42 Å². The molecular weight excluding hydrogens is 378 g/mol. The van der Waals surface area contributed by atoms with Crippen molar-refractivity contribution < 1.29 is 18.7 Å². The van der Waals surface area contributed by atoms with E-state index in [0.717, 1.165) is 0 Å². The minimum absolute atomic E-state index is 0. The van der Waals surface area contributed by atoms with Crippen LogP contribution in [0.15, 0.2) is 65.7 Å². The van der Waals surface area contributed by atoms with E-state index in [9.17, 15) is 14.9 Å². The summed E-state index contributed by atoms with van der Waals surface area (Å²) in [6.07, 6.45) is 4.72. The second-order valence-electron chi connectivity index (χ2n) is 4.79. The standard InChI is InChI=1S/C16H12N3O4.BrH/c20-15(12-4-1-2-5-14(12)19(21)22)10-18-8-7-13(17-11-18)16-6-3-9-23-16;/h1-9,11H,10H2;1H/q+1;. The molecule has 122 valence electrons. The van der Waals surface area contributed by atoms with E-state index in [4.69, 9.17) is 4.42 Å². The Balaban J connectivity index is 0.00000208.